The largest absolute Gasteiger partial charge is 0.378 e. The van der Waals surface area contributed by atoms with Crippen LogP contribution in [0, 0.1) is 17.8 Å². The summed E-state index contributed by atoms with van der Waals surface area (Å²) in [5.74, 6) is 0.381. The Morgan fingerprint density at radius 2 is 1.55 bits per heavy atom. The number of likely N-dealkylation sites (tertiary alicyclic amines) is 2. The molecule has 4 aliphatic rings. The van der Waals surface area contributed by atoms with E-state index in [-0.39, 0.29) is 53.1 Å². The first-order chi connectivity index (χ1) is 20.8. The van der Waals surface area contributed by atoms with Crippen molar-refractivity contribution in [1.29, 1.82) is 0 Å². The monoisotopic (exact) mass is 628 g/mol. The third-order valence-electron chi connectivity index (χ3n) is 10.6. The molecule has 1 saturated carbocycles. The second kappa shape index (κ2) is 13.7. The van der Waals surface area contributed by atoms with Crippen LogP contribution < -0.4 is 0 Å². The molecule has 1 aromatic carbocycles. The Balaban J connectivity index is 1.48. The molecular formula is C35H53ClN4O4. The zero-order chi connectivity index (χ0) is 31.8. The number of carbonyl (C=O) groups excluding carboxylic acids is 3. The molecule has 0 spiro atoms. The van der Waals surface area contributed by atoms with Crippen LogP contribution in [-0.4, -0.2) is 107 Å². The average molecular weight is 629 g/mol. The molecule has 0 radical (unpaired) electrons. The molecule has 244 valence electrons. The van der Waals surface area contributed by atoms with Gasteiger partial charge in [-0.25, -0.2) is 0 Å². The molecule has 0 bridgehead atoms. The van der Waals surface area contributed by atoms with Crippen LogP contribution in [0.5, 0.6) is 0 Å². The highest BCUT2D eigenvalue weighted by molar-refractivity contribution is 6.30. The molecule has 0 unspecified atom stereocenters. The van der Waals surface area contributed by atoms with Gasteiger partial charge in [-0.05, 0) is 76.5 Å². The highest BCUT2D eigenvalue weighted by Crippen LogP contribution is 2.40. The number of ether oxygens (including phenoxy) is 1. The molecular weight excluding hydrogens is 576 g/mol. The van der Waals surface area contributed by atoms with Crippen molar-refractivity contribution in [2.24, 2.45) is 17.8 Å². The lowest BCUT2D eigenvalue weighted by atomic mass is 9.85. The number of carbonyl (C=O) groups is 3. The van der Waals surface area contributed by atoms with Gasteiger partial charge in [0, 0.05) is 61.2 Å². The minimum absolute atomic E-state index is 0.00733. The smallest absolute Gasteiger partial charge is 0.245 e. The molecule has 3 saturated heterocycles. The Hall–Kier alpha value is -2.16. The van der Waals surface area contributed by atoms with Crippen LogP contribution in [0.2, 0.25) is 5.02 Å². The molecule has 4 atom stereocenters. The summed E-state index contributed by atoms with van der Waals surface area (Å²) in [6.07, 6.45) is 4.66. The fourth-order valence-corrected chi connectivity index (χ4v) is 7.95. The number of nitrogens with zero attached hydrogens (tertiary/aromatic N) is 4. The van der Waals surface area contributed by atoms with Crippen molar-refractivity contribution in [1.82, 2.24) is 19.6 Å². The predicted molar refractivity (Wildman–Crippen MR) is 173 cm³/mol. The van der Waals surface area contributed by atoms with Crippen molar-refractivity contribution in [3.63, 3.8) is 0 Å². The molecule has 44 heavy (non-hydrogen) atoms. The van der Waals surface area contributed by atoms with Crippen molar-refractivity contribution >= 4 is 29.3 Å². The quantitative estimate of drug-likeness (QED) is 0.441. The molecule has 9 heteroatoms. The fraction of sp³-hybridized carbons (Fsp3) is 0.743. The molecule has 3 aliphatic heterocycles. The molecule has 5 rings (SSSR count). The van der Waals surface area contributed by atoms with E-state index in [1.165, 1.54) is 0 Å². The lowest BCUT2D eigenvalue weighted by molar-refractivity contribution is -0.148. The Bertz CT molecular complexity index is 1170. The van der Waals surface area contributed by atoms with Crippen LogP contribution in [0.3, 0.4) is 0 Å². The van der Waals surface area contributed by atoms with Gasteiger partial charge >= 0.3 is 0 Å². The van der Waals surface area contributed by atoms with Gasteiger partial charge in [0.2, 0.25) is 17.7 Å². The molecule has 0 aromatic heterocycles. The lowest BCUT2D eigenvalue weighted by Crippen LogP contribution is -2.53. The van der Waals surface area contributed by atoms with Crippen LogP contribution in [0.15, 0.2) is 24.3 Å². The summed E-state index contributed by atoms with van der Waals surface area (Å²) in [6.45, 7) is 16.7. The van der Waals surface area contributed by atoms with Gasteiger partial charge in [-0.1, -0.05) is 44.5 Å². The summed E-state index contributed by atoms with van der Waals surface area (Å²) in [6, 6.07) is 7.28. The topological polar surface area (TPSA) is 73.4 Å². The highest BCUT2D eigenvalue weighted by Gasteiger charge is 2.51. The van der Waals surface area contributed by atoms with Gasteiger partial charge in [0.1, 0.15) is 6.04 Å². The first-order valence-electron chi connectivity index (χ1n) is 16.8. The highest BCUT2D eigenvalue weighted by atomic mass is 35.5. The van der Waals surface area contributed by atoms with Gasteiger partial charge < -0.3 is 19.4 Å². The maximum Gasteiger partial charge on any atom is 0.245 e. The second-order valence-electron chi connectivity index (χ2n) is 15.0. The number of benzene rings is 1. The van der Waals surface area contributed by atoms with Crippen molar-refractivity contribution in [2.45, 2.75) is 103 Å². The van der Waals surface area contributed by atoms with E-state index in [0.717, 1.165) is 37.8 Å². The van der Waals surface area contributed by atoms with E-state index >= 15 is 0 Å². The first-order valence-corrected chi connectivity index (χ1v) is 17.2. The summed E-state index contributed by atoms with van der Waals surface area (Å²) in [7, 11) is 0. The van der Waals surface area contributed by atoms with Gasteiger partial charge in [0.05, 0.1) is 25.2 Å². The van der Waals surface area contributed by atoms with E-state index in [1.807, 2.05) is 47.9 Å². The Labute approximate surface area is 269 Å². The van der Waals surface area contributed by atoms with Gasteiger partial charge in [-0.2, -0.15) is 0 Å². The fourth-order valence-electron chi connectivity index (χ4n) is 7.83. The molecule has 3 heterocycles. The van der Waals surface area contributed by atoms with Gasteiger partial charge in [0.15, 0.2) is 0 Å². The third kappa shape index (κ3) is 7.13. The maximum atomic E-state index is 14.8. The standard InChI is InChI=1S/C35H53ClN4O4/c1-23(2)32(41)40(27-13-7-24(3)8-14-27)28-19-31(34(43)37-15-17-44-18-16-37)39(20-28)33(42)30-22-38(35(4,5)6)21-29(30)25-9-11-26(36)12-10-25/h9-12,23-24,27-31H,7-8,13-22H2,1-6H3/t24-,27+,28-,29-,30+,31-/m0/s1. The van der Waals surface area contributed by atoms with E-state index < -0.39 is 6.04 Å². The second-order valence-corrected chi connectivity index (χ2v) is 15.4. The molecule has 3 amide bonds. The van der Waals surface area contributed by atoms with Gasteiger partial charge in [-0.15, -0.1) is 0 Å². The summed E-state index contributed by atoms with van der Waals surface area (Å²) in [4.78, 5) is 51.1. The average Bonchev–Trinajstić information content (AvgIpc) is 3.64. The number of morpholine rings is 1. The van der Waals surface area contributed by atoms with Crippen molar-refractivity contribution in [3.8, 4) is 0 Å². The Morgan fingerprint density at radius 3 is 2.14 bits per heavy atom. The molecule has 8 nitrogen and oxygen atoms in total. The molecule has 0 N–H and O–H groups in total. The Kier molecular flexibility index (Phi) is 10.3. The minimum atomic E-state index is -0.579. The summed E-state index contributed by atoms with van der Waals surface area (Å²) in [5.41, 5.74) is 0.994. The SMILES string of the molecule is CC(C)C(=O)N([C@H]1C[C@@H](C(=O)N2CCOCC2)N(C(=O)[C@@H]2CN(C(C)(C)C)C[C@H]2c2ccc(Cl)cc2)C1)[C@H]1CC[C@@H](C)CC1. The molecule has 1 aliphatic carbocycles. The van der Waals surface area contributed by atoms with Crippen LogP contribution >= 0.6 is 11.6 Å². The normalized spacial score (nSPS) is 30.2. The van der Waals surface area contributed by atoms with E-state index in [1.54, 1.807) is 0 Å². The van der Waals surface area contributed by atoms with Crippen molar-refractivity contribution in [2.75, 3.05) is 45.9 Å². The lowest BCUT2D eigenvalue weighted by Gasteiger charge is -2.41. The number of halogens is 1. The summed E-state index contributed by atoms with van der Waals surface area (Å²) < 4.78 is 5.55. The summed E-state index contributed by atoms with van der Waals surface area (Å²) >= 11 is 6.25. The molecule has 4 fully saturated rings. The van der Waals surface area contributed by atoms with Crippen molar-refractivity contribution in [3.05, 3.63) is 34.9 Å². The van der Waals surface area contributed by atoms with Crippen LogP contribution in [0.25, 0.3) is 0 Å². The zero-order valence-corrected chi connectivity index (χ0v) is 28.4. The van der Waals surface area contributed by atoms with Gasteiger partial charge in [-0.3, -0.25) is 19.3 Å². The maximum absolute atomic E-state index is 14.8. The van der Waals surface area contributed by atoms with Crippen LogP contribution in [-0.2, 0) is 19.1 Å². The first kappa shape index (κ1) is 33.2. The Morgan fingerprint density at radius 1 is 0.909 bits per heavy atom. The van der Waals surface area contributed by atoms with E-state index in [4.69, 9.17) is 16.3 Å². The number of rotatable bonds is 6. The van der Waals surface area contributed by atoms with Crippen LogP contribution in [0.4, 0.5) is 0 Å². The predicted octanol–water partition coefficient (Wildman–Crippen LogP) is 5.05. The van der Waals surface area contributed by atoms with Gasteiger partial charge in [0.25, 0.3) is 0 Å². The van der Waals surface area contributed by atoms with Crippen LogP contribution in [0.1, 0.15) is 85.1 Å². The third-order valence-corrected chi connectivity index (χ3v) is 10.8. The summed E-state index contributed by atoms with van der Waals surface area (Å²) in [5, 5.41) is 0.674. The van der Waals surface area contributed by atoms with E-state index in [2.05, 4.69) is 37.5 Å². The number of hydrogen-bond acceptors (Lipinski definition) is 5. The zero-order valence-electron chi connectivity index (χ0n) is 27.6. The number of hydrogen-bond donors (Lipinski definition) is 0. The van der Waals surface area contributed by atoms with E-state index in [9.17, 15) is 14.4 Å². The minimum Gasteiger partial charge on any atom is -0.378 e. The number of amides is 3. The van der Waals surface area contributed by atoms with E-state index in [0.29, 0.717) is 56.8 Å². The molecule has 1 aromatic rings. The van der Waals surface area contributed by atoms with Crippen molar-refractivity contribution < 1.29 is 19.1 Å².